The van der Waals surface area contributed by atoms with Crippen molar-refractivity contribution >= 4 is 11.7 Å². The van der Waals surface area contributed by atoms with Crippen LogP contribution in [0.25, 0.3) is 0 Å². The highest BCUT2D eigenvalue weighted by atomic mass is 16.5. The fourth-order valence-corrected chi connectivity index (χ4v) is 1.54. The zero-order valence-electron chi connectivity index (χ0n) is 11.0. The normalized spacial score (nSPS) is 10.2. The van der Waals surface area contributed by atoms with E-state index in [0.717, 1.165) is 23.3 Å². The molecule has 1 aromatic heterocycles. The standard InChI is InChI=1S/C12H19N3O3/c1-4-6-14(3)10-7-11(16)15(13-8-10)9-12(17)18-5-2/h7-8H,4-6,9H2,1-3H3. The average Bonchev–Trinajstić information content (AvgIpc) is 2.32. The lowest BCUT2D eigenvalue weighted by Gasteiger charge is -2.17. The van der Waals surface area contributed by atoms with Crippen LogP contribution >= 0.6 is 0 Å². The van der Waals surface area contributed by atoms with Gasteiger partial charge in [0.2, 0.25) is 0 Å². The summed E-state index contributed by atoms with van der Waals surface area (Å²) in [5.74, 6) is -0.457. The second kappa shape index (κ2) is 6.78. The molecule has 6 heteroatoms. The number of anilines is 1. The van der Waals surface area contributed by atoms with Crippen LogP contribution in [0.2, 0.25) is 0 Å². The summed E-state index contributed by atoms with van der Waals surface area (Å²) < 4.78 is 5.87. The first-order chi connectivity index (χ1) is 8.58. The van der Waals surface area contributed by atoms with Gasteiger partial charge in [0.25, 0.3) is 5.56 Å². The van der Waals surface area contributed by atoms with Crippen molar-refractivity contribution in [3.63, 3.8) is 0 Å². The summed E-state index contributed by atoms with van der Waals surface area (Å²) in [7, 11) is 1.90. The van der Waals surface area contributed by atoms with Gasteiger partial charge in [-0.25, -0.2) is 4.68 Å². The van der Waals surface area contributed by atoms with Gasteiger partial charge in [-0.2, -0.15) is 5.10 Å². The Morgan fingerprint density at radius 3 is 2.78 bits per heavy atom. The molecule has 0 unspecified atom stereocenters. The quantitative estimate of drug-likeness (QED) is 0.697. The van der Waals surface area contributed by atoms with Gasteiger partial charge in [-0.05, 0) is 13.3 Å². The zero-order chi connectivity index (χ0) is 13.5. The smallest absolute Gasteiger partial charge is 0.327 e. The molecule has 0 bridgehead atoms. The molecule has 18 heavy (non-hydrogen) atoms. The van der Waals surface area contributed by atoms with Crippen molar-refractivity contribution in [3.05, 3.63) is 22.6 Å². The molecule has 0 radical (unpaired) electrons. The molecule has 0 spiro atoms. The summed E-state index contributed by atoms with van der Waals surface area (Å²) in [6.07, 6.45) is 2.57. The second-order valence-electron chi connectivity index (χ2n) is 3.94. The molecule has 0 amide bonds. The summed E-state index contributed by atoms with van der Waals surface area (Å²) in [6, 6.07) is 1.47. The van der Waals surface area contributed by atoms with Crippen LogP contribution in [0.4, 0.5) is 5.69 Å². The van der Waals surface area contributed by atoms with Crippen molar-refractivity contribution in [3.8, 4) is 0 Å². The van der Waals surface area contributed by atoms with Gasteiger partial charge >= 0.3 is 5.97 Å². The first-order valence-corrected chi connectivity index (χ1v) is 6.02. The molecule has 0 N–H and O–H groups in total. The van der Waals surface area contributed by atoms with Gasteiger partial charge in [0.1, 0.15) is 6.54 Å². The van der Waals surface area contributed by atoms with Crippen LogP contribution in [0.3, 0.4) is 0 Å². The Labute approximate surface area is 106 Å². The van der Waals surface area contributed by atoms with Crippen molar-refractivity contribution in [2.45, 2.75) is 26.8 Å². The van der Waals surface area contributed by atoms with Crippen LogP contribution in [0.15, 0.2) is 17.1 Å². The molecule has 0 aliphatic carbocycles. The second-order valence-corrected chi connectivity index (χ2v) is 3.94. The van der Waals surface area contributed by atoms with Crippen LogP contribution in [-0.2, 0) is 16.1 Å². The SMILES string of the molecule is CCCN(C)c1cnn(CC(=O)OCC)c(=O)c1. The van der Waals surface area contributed by atoms with Crippen LogP contribution in [0.1, 0.15) is 20.3 Å². The van der Waals surface area contributed by atoms with E-state index in [9.17, 15) is 9.59 Å². The van der Waals surface area contributed by atoms with Gasteiger partial charge in [-0.1, -0.05) is 6.92 Å². The van der Waals surface area contributed by atoms with E-state index in [1.807, 2.05) is 11.9 Å². The Morgan fingerprint density at radius 2 is 2.22 bits per heavy atom. The molecular weight excluding hydrogens is 234 g/mol. The highest BCUT2D eigenvalue weighted by Gasteiger charge is 2.08. The van der Waals surface area contributed by atoms with Crippen LogP contribution in [-0.4, -0.2) is 35.9 Å². The topological polar surface area (TPSA) is 64.4 Å². The molecule has 0 aliphatic heterocycles. The highest BCUT2D eigenvalue weighted by molar-refractivity contribution is 5.69. The maximum atomic E-state index is 11.8. The summed E-state index contributed by atoms with van der Waals surface area (Å²) in [5, 5.41) is 3.97. The Kier molecular flexibility index (Phi) is 5.35. The lowest BCUT2D eigenvalue weighted by Crippen LogP contribution is -2.29. The third kappa shape index (κ3) is 3.87. The number of rotatable bonds is 6. The van der Waals surface area contributed by atoms with E-state index in [4.69, 9.17) is 4.74 Å². The molecule has 0 atom stereocenters. The van der Waals surface area contributed by atoms with Crippen molar-refractivity contribution in [1.82, 2.24) is 9.78 Å². The van der Waals surface area contributed by atoms with E-state index in [1.165, 1.54) is 6.07 Å². The molecule has 1 rings (SSSR count). The fraction of sp³-hybridized carbons (Fsp3) is 0.583. The molecule has 6 nitrogen and oxygen atoms in total. The Bertz CT molecular complexity index is 456. The summed E-state index contributed by atoms with van der Waals surface area (Å²) in [5.41, 5.74) is 0.450. The fourth-order valence-electron chi connectivity index (χ4n) is 1.54. The van der Waals surface area contributed by atoms with Gasteiger partial charge < -0.3 is 9.64 Å². The molecule has 0 saturated carbocycles. The number of esters is 1. The minimum Gasteiger partial charge on any atom is -0.465 e. The highest BCUT2D eigenvalue weighted by Crippen LogP contribution is 2.06. The number of aromatic nitrogens is 2. The summed E-state index contributed by atoms with van der Waals surface area (Å²) in [6.45, 7) is 4.78. The summed E-state index contributed by atoms with van der Waals surface area (Å²) >= 11 is 0. The first-order valence-electron chi connectivity index (χ1n) is 6.02. The molecule has 1 heterocycles. The molecule has 1 aromatic rings. The van der Waals surface area contributed by atoms with Crippen molar-refractivity contribution in [1.29, 1.82) is 0 Å². The van der Waals surface area contributed by atoms with E-state index in [1.54, 1.807) is 13.1 Å². The third-order valence-electron chi connectivity index (χ3n) is 2.44. The number of hydrogen-bond donors (Lipinski definition) is 0. The van der Waals surface area contributed by atoms with Crippen molar-refractivity contribution in [2.24, 2.45) is 0 Å². The molecule has 0 aromatic carbocycles. The van der Waals surface area contributed by atoms with Crippen LogP contribution in [0.5, 0.6) is 0 Å². The number of carbonyl (C=O) groups excluding carboxylic acids is 1. The van der Waals surface area contributed by atoms with Gasteiger partial charge in [-0.3, -0.25) is 9.59 Å². The lowest BCUT2D eigenvalue weighted by atomic mass is 10.3. The van der Waals surface area contributed by atoms with Crippen LogP contribution < -0.4 is 10.5 Å². The van der Waals surface area contributed by atoms with E-state index >= 15 is 0 Å². The maximum absolute atomic E-state index is 11.8. The van der Waals surface area contributed by atoms with E-state index in [-0.39, 0.29) is 12.1 Å². The minimum atomic E-state index is -0.457. The van der Waals surface area contributed by atoms with E-state index < -0.39 is 5.97 Å². The number of nitrogens with zero attached hydrogens (tertiary/aromatic N) is 3. The largest absolute Gasteiger partial charge is 0.465 e. The molecule has 0 saturated heterocycles. The van der Waals surface area contributed by atoms with Crippen molar-refractivity contribution < 1.29 is 9.53 Å². The summed E-state index contributed by atoms with van der Waals surface area (Å²) in [4.78, 5) is 25.0. The Morgan fingerprint density at radius 1 is 1.50 bits per heavy atom. The minimum absolute atomic E-state index is 0.148. The molecule has 0 fully saturated rings. The van der Waals surface area contributed by atoms with Gasteiger partial charge in [0.05, 0.1) is 18.5 Å². The first kappa shape index (κ1) is 14.2. The van der Waals surface area contributed by atoms with Gasteiger partial charge in [0, 0.05) is 19.7 Å². The lowest BCUT2D eigenvalue weighted by molar-refractivity contribution is -0.144. The van der Waals surface area contributed by atoms with Gasteiger partial charge in [-0.15, -0.1) is 0 Å². The zero-order valence-corrected chi connectivity index (χ0v) is 11.0. The Balaban J connectivity index is 2.80. The molecular formula is C12H19N3O3. The predicted octanol–water partition coefficient (Wildman–Crippen LogP) is 0.653. The van der Waals surface area contributed by atoms with Crippen LogP contribution in [0, 0.1) is 0 Å². The third-order valence-corrected chi connectivity index (χ3v) is 2.44. The average molecular weight is 253 g/mol. The molecule has 0 aliphatic rings. The monoisotopic (exact) mass is 253 g/mol. The predicted molar refractivity (Wildman–Crippen MR) is 68.7 cm³/mol. The number of carbonyl (C=O) groups is 1. The van der Waals surface area contributed by atoms with Crippen molar-refractivity contribution in [2.75, 3.05) is 25.1 Å². The van der Waals surface area contributed by atoms with Gasteiger partial charge in [0.15, 0.2) is 0 Å². The maximum Gasteiger partial charge on any atom is 0.327 e. The number of hydrogen-bond acceptors (Lipinski definition) is 5. The molecule has 100 valence electrons. The van der Waals surface area contributed by atoms with E-state index in [2.05, 4.69) is 12.0 Å². The number of ether oxygens (including phenoxy) is 1. The van der Waals surface area contributed by atoms with E-state index in [0.29, 0.717) is 6.61 Å². The Hall–Kier alpha value is -1.85.